The number of hydrogen-bond acceptors (Lipinski definition) is 4. The lowest BCUT2D eigenvalue weighted by Crippen LogP contribution is -2.47. The van der Waals surface area contributed by atoms with E-state index in [0.717, 1.165) is 11.8 Å². The van der Waals surface area contributed by atoms with Crippen molar-refractivity contribution < 1.29 is 18.0 Å². The monoisotopic (exact) mass is 513 g/mol. The SMILES string of the molecule is CCNC(=O)[C@@H](C)N(Cc1cccc(Cl)c1)C(=O)CCCN(c1cccc(Cl)c1)S(C)(=O)=O. The first kappa shape index (κ1) is 27.0. The van der Waals surface area contributed by atoms with Crippen LogP contribution in [0.2, 0.25) is 10.0 Å². The van der Waals surface area contributed by atoms with Gasteiger partial charge in [0.15, 0.2) is 0 Å². The second-order valence-corrected chi connectivity index (χ2v) is 10.4. The molecule has 0 spiro atoms. The summed E-state index contributed by atoms with van der Waals surface area (Å²) in [6.07, 6.45) is 1.45. The first-order valence-corrected chi connectivity index (χ1v) is 13.2. The van der Waals surface area contributed by atoms with Crippen LogP contribution in [0.1, 0.15) is 32.3 Å². The Morgan fingerprint density at radius 2 is 1.70 bits per heavy atom. The van der Waals surface area contributed by atoms with Gasteiger partial charge < -0.3 is 10.2 Å². The number of carbonyl (C=O) groups is 2. The number of sulfonamides is 1. The van der Waals surface area contributed by atoms with Gasteiger partial charge >= 0.3 is 0 Å². The molecule has 1 N–H and O–H groups in total. The molecule has 0 aliphatic carbocycles. The number of halogens is 2. The Bertz CT molecular complexity index is 1080. The van der Waals surface area contributed by atoms with Crippen molar-refractivity contribution >= 4 is 50.7 Å². The third-order valence-electron chi connectivity index (χ3n) is 5.01. The number of anilines is 1. The van der Waals surface area contributed by atoms with Crippen LogP contribution in [-0.4, -0.2) is 50.5 Å². The minimum absolute atomic E-state index is 0.0664. The highest BCUT2D eigenvalue weighted by molar-refractivity contribution is 7.92. The quantitative estimate of drug-likeness (QED) is 0.490. The summed E-state index contributed by atoms with van der Waals surface area (Å²) >= 11 is 12.1. The van der Waals surface area contributed by atoms with E-state index in [0.29, 0.717) is 22.3 Å². The first-order valence-electron chi connectivity index (χ1n) is 10.6. The molecule has 10 heteroatoms. The van der Waals surface area contributed by atoms with Gasteiger partial charge in [0.2, 0.25) is 21.8 Å². The van der Waals surface area contributed by atoms with Gasteiger partial charge in [-0.15, -0.1) is 0 Å². The van der Waals surface area contributed by atoms with Crippen LogP contribution in [0.4, 0.5) is 5.69 Å². The van der Waals surface area contributed by atoms with Crippen molar-refractivity contribution in [3.63, 3.8) is 0 Å². The van der Waals surface area contributed by atoms with Crippen molar-refractivity contribution in [1.29, 1.82) is 0 Å². The summed E-state index contributed by atoms with van der Waals surface area (Å²) in [7, 11) is -3.57. The van der Waals surface area contributed by atoms with E-state index < -0.39 is 16.1 Å². The van der Waals surface area contributed by atoms with E-state index in [4.69, 9.17) is 23.2 Å². The molecule has 1 atom stereocenters. The summed E-state index contributed by atoms with van der Waals surface area (Å²) in [4.78, 5) is 27.1. The summed E-state index contributed by atoms with van der Waals surface area (Å²) in [5.41, 5.74) is 1.23. The Kier molecular flexibility index (Phi) is 10.0. The molecule has 0 saturated carbocycles. The van der Waals surface area contributed by atoms with Gasteiger partial charge in [-0.2, -0.15) is 0 Å². The van der Waals surface area contributed by atoms with Gasteiger partial charge in [0.25, 0.3) is 0 Å². The van der Waals surface area contributed by atoms with Crippen LogP contribution in [0.25, 0.3) is 0 Å². The Morgan fingerprint density at radius 3 is 2.27 bits per heavy atom. The average Bonchev–Trinajstić information content (AvgIpc) is 2.73. The molecule has 2 amide bonds. The molecule has 0 aliphatic rings. The zero-order chi connectivity index (χ0) is 24.6. The lowest BCUT2D eigenvalue weighted by molar-refractivity contribution is -0.140. The minimum Gasteiger partial charge on any atom is -0.355 e. The smallest absolute Gasteiger partial charge is 0.242 e. The lowest BCUT2D eigenvalue weighted by atomic mass is 10.1. The molecular formula is C23H29Cl2N3O4S. The van der Waals surface area contributed by atoms with E-state index in [2.05, 4.69) is 5.32 Å². The van der Waals surface area contributed by atoms with Gasteiger partial charge in [0, 0.05) is 36.1 Å². The standard InChI is InChI=1S/C23H29Cl2N3O4S/c1-4-26-23(30)17(2)27(16-18-8-5-9-19(24)14-18)22(29)12-7-13-28(33(3,31)32)21-11-6-10-20(25)15-21/h5-6,8-11,14-15,17H,4,7,12-13,16H2,1-3H3,(H,26,30)/t17-/m1/s1. The molecule has 2 aromatic carbocycles. The molecule has 33 heavy (non-hydrogen) atoms. The summed E-state index contributed by atoms with van der Waals surface area (Å²) < 4.78 is 25.9. The Labute approximate surface area is 205 Å². The maximum Gasteiger partial charge on any atom is 0.242 e. The maximum absolute atomic E-state index is 13.1. The van der Waals surface area contributed by atoms with Crippen LogP contribution >= 0.6 is 23.2 Å². The van der Waals surface area contributed by atoms with Crippen LogP contribution in [0.5, 0.6) is 0 Å². The summed E-state index contributed by atoms with van der Waals surface area (Å²) in [6, 6.07) is 12.9. The van der Waals surface area contributed by atoms with Gasteiger partial charge in [-0.1, -0.05) is 41.4 Å². The van der Waals surface area contributed by atoms with Crippen molar-refractivity contribution in [2.75, 3.05) is 23.7 Å². The number of likely N-dealkylation sites (N-methyl/N-ethyl adjacent to an activating group) is 1. The first-order chi connectivity index (χ1) is 15.5. The zero-order valence-corrected chi connectivity index (χ0v) is 21.3. The molecule has 0 heterocycles. The van der Waals surface area contributed by atoms with E-state index in [1.54, 1.807) is 49.4 Å². The predicted octanol–water partition coefficient (Wildman–Crippen LogP) is 4.09. The fourth-order valence-electron chi connectivity index (χ4n) is 3.37. The molecule has 7 nitrogen and oxygen atoms in total. The van der Waals surface area contributed by atoms with Crippen molar-refractivity contribution in [3.05, 3.63) is 64.1 Å². The Hall–Kier alpha value is -2.29. The van der Waals surface area contributed by atoms with Gasteiger partial charge in [0.05, 0.1) is 11.9 Å². The number of nitrogens with one attached hydrogen (secondary N) is 1. The fourth-order valence-corrected chi connectivity index (χ4v) is 4.73. The molecule has 2 rings (SSSR count). The van der Waals surface area contributed by atoms with Crippen LogP contribution < -0.4 is 9.62 Å². The van der Waals surface area contributed by atoms with Gasteiger partial charge in [-0.25, -0.2) is 8.42 Å². The molecule has 0 aromatic heterocycles. The normalized spacial score (nSPS) is 12.2. The topological polar surface area (TPSA) is 86.8 Å². The molecule has 0 unspecified atom stereocenters. The van der Waals surface area contributed by atoms with Crippen molar-refractivity contribution in [3.8, 4) is 0 Å². The molecule has 180 valence electrons. The van der Waals surface area contributed by atoms with Crippen LogP contribution in [0, 0.1) is 0 Å². The molecule has 0 saturated heterocycles. The van der Waals surface area contributed by atoms with E-state index in [1.165, 1.54) is 9.21 Å². The maximum atomic E-state index is 13.1. The molecule has 0 fully saturated rings. The van der Waals surface area contributed by atoms with Crippen LogP contribution in [0.15, 0.2) is 48.5 Å². The van der Waals surface area contributed by atoms with Gasteiger partial charge in [0.1, 0.15) is 6.04 Å². The third kappa shape index (κ3) is 8.21. The fraction of sp³-hybridized carbons (Fsp3) is 0.391. The second-order valence-electron chi connectivity index (χ2n) is 7.64. The number of nitrogens with zero attached hydrogens (tertiary/aromatic N) is 2. The van der Waals surface area contributed by atoms with Crippen LogP contribution in [-0.2, 0) is 26.2 Å². The number of carbonyl (C=O) groups excluding carboxylic acids is 2. The summed E-state index contributed by atoms with van der Waals surface area (Å²) in [6.45, 7) is 4.24. The largest absolute Gasteiger partial charge is 0.355 e. The number of rotatable bonds is 11. The van der Waals surface area contributed by atoms with Gasteiger partial charge in [-0.3, -0.25) is 13.9 Å². The lowest BCUT2D eigenvalue weighted by Gasteiger charge is -2.29. The zero-order valence-electron chi connectivity index (χ0n) is 18.9. The molecule has 0 radical (unpaired) electrons. The molecular weight excluding hydrogens is 485 g/mol. The average molecular weight is 514 g/mol. The van der Waals surface area contributed by atoms with E-state index in [1.807, 2.05) is 13.0 Å². The van der Waals surface area contributed by atoms with Crippen LogP contribution in [0.3, 0.4) is 0 Å². The molecule has 2 aromatic rings. The third-order valence-corrected chi connectivity index (χ3v) is 6.67. The predicted molar refractivity (Wildman–Crippen MR) is 133 cm³/mol. The van der Waals surface area contributed by atoms with Crippen molar-refractivity contribution in [2.24, 2.45) is 0 Å². The Morgan fingerprint density at radius 1 is 1.06 bits per heavy atom. The van der Waals surface area contributed by atoms with Gasteiger partial charge in [-0.05, 0) is 56.2 Å². The molecule has 0 bridgehead atoms. The number of amides is 2. The van der Waals surface area contributed by atoms with Crippen molar-refractivity contribution in [1.82, 2.24) is 10.2 Å². The highest BCUT2D eigenvalue weighted by atomic mass is 35.5. The highest BCUT2D eigenvalue weighted by Gasteiger charge is 2.26. The summed E-state index contributed by atoms with van der Waals surface area (Å²) in [5, 5.41) is 3.70. The Balaban J connectivity index is 2.15. The number of hydrogen-bond donors (Lipinski definition) is 1. The summed E-state index contributed by atoms with van der Waals surface area (Å²) in [5.74, 6) is -0.516. The van der Waals surface area contributed by atoms with E-state index in [9.17, 15) is 18.0 Å². The van der Waals surface area contributed by atoms with E-state index in [-0.39, 0.29) is 37.7 Å². The highest BCUT2D eigenvalue weighted by Crippen LogP contribution is 2.23. The van der Waals surface area contributed by atoms with Crippen molar-refractivity contribution in [2.45, 2.75) is 39.3 Å². The minimum atomic E-state index is -3.57. The molecule has 0 aliphatic heterocycles. The second kappa shape index (κ2) is 12.3. The number of benzene rings is 2. The van der Waals surface area contributed by atoms with E-state index >= 15 is 0 Å².